The summed E-state index contributed by atoms with van der Waals surface area (Å²) in [5, 5.41) is 4.23. The van der Waals surface area contributed by atoms with Gasteiger partial charge >= 0.3 is 0 Å². The first-order valence-electron chi connectivity index (χ1n) is 7.16. The van der Waals surface area contributed by atoms with Gasteiger partial charge in [0, 0.05) is 15.4 Å². The van der Waals surface area contributed by atoms with Crippen molar-refractivity contribution in [3.63, 3.8) is 0 Å². The summed E-state index contributed by atoms with van der Waals surface area (Å²) in [4.78, 5) is 5.63. The van der Waals surface area contributed by atoms with Crippen molar-refractivity contribution >= 4 is 27.7 Å². The topological polar surface area (TPSA) is 38.1 Å². The number of oxazole rings is 1. The fourth-order valence-corrected chi connectivity index (χ4v) is 3.60. The van der Waals surface area contributed by atoms with Gasteiger partial charge in [-0.15, -0.1) is 0 Å². The Kier molecular flexibility index (Phi) is 5.90. The molecule has 0 aliphatic rings. The summed E-state index contributed by atoms with van der Waals surface area (Å²) in [6.07, 6.45) is 1.13. The lowest BCUT2D eigenvalue weighted by Gasteiger charge is -2.17. The van der Waals surface area contributed by atoms with Gasteiger partial charge in [0.2, 0.25) is 0 Å². The first kappa shape index (κ1) is 16.6. The maximum Gasteiger partial charge on any atom is 0.261 e. The highest BCUT2D eigenvalue weighted by Crippen LogP contribution is 2.35. The van der Waals surface area contributed by atoms with Crippen molar-refractivity contribution < 1.29 is 4.42 Å². The first-order valence-corrected chi connectivity index (χ1v) is 8.77. The minimum absolute atomic E-state index is 0.303. The maximum atomic E-state index is 5.69. The van der Waals surface area contributed by atoms with E-state index in [4.69, 9.17) is 4.42 Å². The minimum Gasteiger partial charge on any atom is -0.436 e. The Labute approximate surface area is 139 Å². The molecular weight excluding hydrogens is 348 g/mol. The molecule has 0 radical (unpaired) electrons. The summed E-state index contributed by atoms with van der Waals surface area (Å²) < 4.78 is 6.76. The van der Waals surface area contributed by atoms with Crippen LogP contribution in [0.4, 0.5) is 0 Å². The molecule has 0 aliphatic carbocycles. The summed E-state index contributed by atoms with van der Waals surface area (Å²) in [5.74, 6) is 0.881. The molecule has 0 saturated carbocycles. The Morgan fingerprint density at radius 2 is 2.14 bits per heavy atom. The van der Waals surface area contributed by atoms with Gasteiger partial charge in [-0.25, -0.2) is 4.98 Å². The van der Waals surface area contributed by atoms with E-state index in [2.05, 4.69) is 58.3 Å². The van der Waals surface area contributed by atoms with E-state index < -0.39 is 0 Å². The van der Waals surface area contributed by atoms with E-state index in [-0.39, 0.29) is 0 Å². The maximum absolute atomic E-state index is 5.69. The Hall–Kier alpha value is -0.780. The van der Waals surface area contributed by atoms with Gasteiger partial charge < -0.3 is 9.73 Å². The Morgan fingerprint density at radius 1 is 1.38 bits per heavy atom. The van der Waals surface area contributed by atoms with Gasteiger partial charge in [-0.3, -0.25) is 0 Å². The van der Waals surface area contributed by atoms with Crippen molar-refractivity contribution in [3.05, 3.63) is 39.7 Å². The summed E-state index contributed by atoms with van der Waals surface area (Å²) in [6, 6.07) is 6.66. The third-order valence-electron chi connectivity index (χ3n) is 3.35. The molecule has 1 aromatic carbocycles. The number of halogens is 1. The zero-order valence-electron chi connectivity index (χ0n) is 12.9. The monoisotopic (exact) mass is 368 g/mol. The molecule has 0 amide bonds. The van der Waals surface area contributed by atoms with Crippen molar-refractivity contribution in [1.29, 1.82) is 0 Å². The number of nitrogens with zero attached hydrogens (tertiary/aromatic N) is 1. The Morgan fingerprint density at radius 3 is 2.76 bits per heavy atom. The minimum atomic E-state index is 0.303. The van der Waals surface area contributed by atoms with Crippen molar-refractivity contribution in [1.82, 2.24) is 10.3 Å². The second-order valence-electron chi connectivity index (χ2n) is 5.08. The van der Waals surface area contributed by atoms with Gasteiger partial charge in [0.25, 0.3) is 5.22 Å². The molecule has 0 aliphatic heterocycles. The molecule has 2 rings (SSSR count). The van der Waals surface area contributed by atoms with E-state index in [0.717, 1.165) is 28.9 Å². The molecule has 21 heavy (non-hydrogen) atoms. The normalized spacial score (nSPS) is 12.6. The van der Waals surface area contributed by atoms with Crippen LogP contribution in [0.3, 0.4) is 0 Å². The summed E-state index contributed by atoms with van der Waals surface area (Å²) >= 11 is 5.12. The highest BCUT2D eigenvalue weighted by molar-refractivity contribution is 9.10. The Balaban J connectivity index is 2.26. The van der Waals surface area contributed by atoms with Crippen LogP contribution in [-0.4, -0.2) is 11.5 Å². The van der Waals surface area contributed by atoms with Crippen LogP contribution in [0.15, 0.2) is 37.2 Å². The number of nitrogens with one attached hydrogen (secondary N) is 1. The van der Waals surface area contributed by atoms with Gasteiger partial charge in [0.15, 0.2) is 0 Å². The molecule has 0 spiro atoms. The molecular formula is C16H21BrN2OS. The molecule has 0 bridgehead atoms. The molecule has 1 unspecified atom stereocenters. The fraction of sp³-hybridized carbons (Fsp3) is 0.438. The van der Waals surface area contributed by atoms with Crippen LogP contribution in [0.5, 0.6) is 0 Å². The van der Waals surface area contributed by atoms with E-state index in [1.807, 2.05) is 13.8 Å². The van der Waals surface area contributed by atoms with Crippen molar-refractivity contribution in [2.45, 2.75) is 50.3 Å². The van der Waals surface area contributed by atoms with Crippen LogP contribution in [0.1, 0.15) is 43.3 Å². The van der Waals surface area contributed by atoms with Crippen LogP contribution in [0.2, 0.25) is 0 Å². The molecule has 1 heterocycles. The molecule has 2 aromatic rings. The van der Waals surface area contributed by atoms with Crippen molar-refractivity contribution in [2.24, 2.45) is 0 Å². The van der Waals surface area contributed by atoms with Crippen molar-refractivity contribution in [2.75, 3.05) is 6.54 Å². The number of aryl methyl sites for hydroxylation is 2. The highest BCUT2D eigenvalue weighted by atomic mass is 79.9. The lowest BCUT2D eigenvalue weighted by molar-refractivity contribution is 0.431. The molecule has 3 nitrogen and oxygen atoms in total. The van der Waals surface area contributed by atoms with E-state index in [9.17, 15) is 0 Å². The predicted molar refractivity (Wildman–Crippen MR) is 91.0 cm³/mol. The van der Waals surface area contributed by atoms with Crippen LogP contribution < -0.4 is 5.32 Å². The molecule has 1 atom stereocenters. The quantitative estimate of drug-likeness (QED) is 0.753. The average Bonchev–Trinajstić information content (AvgIpc) is 2.75. The third-order valence-corrected chi connectivity index (χ3v) is 4.76. The van der Waals surface area contributed by atoms with Gasteiger partial charge in [-0.1, -0.05) is 28.9 Å². The highest BCUT2D eigenvalue weighted by Gasteiger charge is 2.15. The third kappa shape index (κ3) is 4.34. The lowest BCUT2D eigenvalue weighted by Crippen LogP contribution is -2.19. The van der Waals surface area contributed by atoms with E-state index >= 15 is 0 Å². The summed E-state index contributed by atoms with van der Waals surface area (Å²) in [6.45, 7) is 9.29. The molecule has 0 saturated heterocycles. The lowest BCUT2D eigenvalue weighted by atomic mass is 10.1. The smallest absolute Gasteiger partial charge is 0.261 e. The average molecular weight is 369 g/mol. The zero-order valence-corrected chi connectivity index (χ0v) is 15.3. The number of hydrogen-bond donors (Lipinski definition) is 1. The van der Waals surface area contributed by atoms with Crippen LogP contribution >= 0.6 is 27.7 Å². The number of rotatable bonds is 6. The standard InChI is InChI=1S/C16H21BrN2OS/c1-5-8-18-11(3)14-7-6-13(17)9-15(14)21-16-19-10(2)12(4)20-16/h6-7,9,11,18H,5,8H2,1-4H3. The molecule has 0 fully saturated rings. The summed E-state index contributed by atoms with van der Waals surface area (Å²) in [5.41, 5.74) is 2.22. The van der Waals surface area contributed by atoms with E-state index in [0.29, 0.717) is 11.3 Å². The summed E-state index contributed by atoms with van der Waals surface area (Å²) in [7, 11) is 0. The van der Waals surface area contributed by atoms with Gasteiger partial charge in [-0.2, -0.15) is 0 Å². The fourth-order valence-electron chi connectivity index (χ4n) is 2.01. The Bertz CT molecular complexity index is 593. The van der Waals surface area contributed by atoms with Gasteiger partial charge in [0.05, 0.1) is 5.69 Å². The molecule has 114 valence electrons. The second kappa shape index (κ2) is 7.47. The van der Waals surface area contributed by atoms with Gasteiger partial charge in [-0.05, 0) is 63.2 Å². The number of hydrogen-bond acceptors (Lipinski definition) is 4. The van der Waals surface area contributed by atoms with E-state index in [1.165, 1.54) is 10.5 Å². The van der Waals surface area contributed by atoms with Gasteiger partial charge in [0.1, 0.15) is 5.76 Å². The molecule has 5 heteroatoms. The first-order chi connectivity index (χ1) is 10.0. The zero-order chi connectivity index (χ0) is 15.4. The molecule has 1 aromatic heterocycles. The van der Waals surface area contributed by atoms with Crippen LogP contribution in [0, 0.1) is 13.8 Å². The van der Waals surface area contributed by atoms with Crippen molar-refractivity contribution in [3.8, 4) is 0 Å². The second-order valence-corrected chi connectivity index (χ2v) is 6.99. The van der Waals surface area contributed by atoms with Crippen LogP contribution in [-0.2, 0) is 0 Å². The molecule has 1 N–H and O–H groups in total. The van der Waals surface area contributed by atoms with E-state index in [1.54, 1.807) is 11.8 Å². The number of benzene rings is 1. The number of aromatic nitrogens is 1. The van der Waals surface area contributed by atoms with Crippen LogP contribution in [0.25, 0.3) is 0 Å². The predicted octanol–water partition coefficient (Wildman–Crippen LogP) is 5.27. The largest absolute Gasteiger partial charge is 0.436 e. The SMILES string of the molecule is CCCNC(C)c1ccc(Br)cc1Sc1nc(C)c(C)o1.